The summed E-state index contributed by atoms with van der Waals surface area (Å²) in [7, 11) is 0. The van der Waals surface area contributed by atoms with Gasteiger partial charge in [-0.1, -0.05) is 18.2 Å². The first-order chi connectivity index (χ1) is 14.5. The molecule has 0 atom stereocenters. The molecule has 1 heterocycles. The number of ether oxygens (including phenoxy) is 1. The Bertz CT molecular complexity index is 1050. The first-order valence-electron chi connectivity index (χ1n) is 9.26. The first-order valence-corrected chi connectivity index (χ1v) is 9.26. The van der Waals surface area contributed by atoms with Gasteiger partial charge in [0.1, 0.15) is 5.69 Å². The number of esters is 1. The van der Waals surface area contributed by atoms with Gasteiger partial charge in [0, 0.05) is 29.6 Å². The predicted molar refractivity (Wildman–Crippen MR) is 101 cm³/mol. The summed E-state index contributed by atoms with van der Waals surface area (Å²) in [6, 6.07) is 8.42. The van der Waals surface area contributed by atoms with Crippen LogP contribution in [0.2, 0.25) is 0 Å². The van der Waals surface area contributed by atoms with E-state index in [4.69, 9.17) is 4.74 Å². The van der Waals surface area contributed by atoms with Gasteiger partial charge in [-0.2, -0.15) is 26.3 Å². The summed E-state index contributed by atoms with van der Waals surface area (Å²) >= 11 is 0. The van der Waals surface area contributed by atoms with E-state index in [0.717, 1.165) is 0 Å². The largest absolute Gasteiger partial charge is 0.461 e. The van der Waals surface area contributed by atoms with E-state index in [2.05, 4.69) is 10.3 Å². The maximum absolute atomic E-state index is 13.0. The topological polar surface area (TPSA) is 54.1 Å². The Hall–Kier alpha value is -3.01. The number of nitrogens with one attached hydrogen (secondary N) is 2. The molecule has 0 aliphatic heterocycles. The zero-order valence-electron chi connectivity index (χ0n) is 16.2. The minimum Gasteiger partial charge on any atom is -0.461 e. The molecular weight excluding hydrogens is 426 g/mol. The highest BCUT2D eigenvalue weighted by atomic mass is 19.4. The lowest BCUT2D eigenvalue weighted by Gasteiger charge is -2.14. The average Bonchev–Trinajstić information content (AvgIpc) is 3.05. The molecule has 0 bridgehead atoms. The van der Waals surface area contributed by atoms with Crippen LogP contribution in [0.3, 0.4) is 0 Å². The van der Waals surface area contributed by atoms with Crippen LogP contribution in [0.15, 0.2) is 42.5 Å². The fourth-order valence-electron chi connectivity index (χ4n) is 3.21. The highest BCUT2D eigenvalue weighted by molar-refractivity contribution is 5.98. The van der Waals surface area contributed by atoms with Gasteiger partial charge in [-0.3, -0.25) is 0 Å². The summed E-state index contributed by atoms with van der Waals surface area (Å²) in [6.07, 6.45) is -9.83. The maximum Gasteiger partial charge on any atom is 0.416 e. The fourth-order valence-corrected chi connectivity index (χ4v) is 3.21. The number of aromatic amines is 1. The van der Waals surface area contributed by atoms with Gasteiger partial charge in [0.15, 0.2) is 0 Å². The molecule has 0 saturated carbocycles. The van der Waals surface area contributed by atoms with Gasteiger partial charge in [-0.05, 0) is 36.8 Å². The molecule has 0 fully saturated rings. The molecule has 0 unspecified atom stereocenters. The Morgan fingerprint density at radius 1 is 0.968 bits per heavy atom. The first kappa shape index (κ1) is 22.7. The zero-order chi connectivity index (χ0) is 22.8. The lowest BCUT2D eigenvalue weighted by Crippen LogP contribution is -2.18. The molecule has 2 N–H and O–H groups in total. The Kier molecular flexibility index (Phi) is 6.30. The van der Waals surface area contributed by atoms with Crippen LogP contribution >= 0.6 is 0 Å². The van der Waals surface area contributed by atoms with Gasteiger partial charge in [0.25, 0.3) is 0 Å². The Morgan fingerprint density at radius 3 is 2.16 bits per heavy atom. The number of rotatable bonds is 6. The summed E-state index contributed by atoms with van der Waals surface area (Å²) in [4.78, 5) is 15.2. The Balaban J connectivity index is 1.87. The standard InChI is InChI=1S/C21H18F6N2O2/c1-2-31-19(30)18-16(15-5-3-4-6-17(15)29-18)11-28-10-12-7-13(20(22,23)24)9-14(8-12)21(25,26)27/h3-9,28-29H,2,10-11H2,1H3. The van der Waals surface area contributed by atoms with Crippen LogP contribution in [-0.2, 0) is 30.2 Å². The highest BCUT2D eigenvalue weighted by Crippen LogP contribution is 2.36. The summed E-state index contributed by atoms with van der Waals surface area (Å²) < 4.78 is 83.2. The summed E-state index contributed by atoms with van der Waals surface area (Å²) in [5.41, 5.74) is -1.59. The minimum atomic E-state index is -4.91. The molecule has 0 aliphatic rings. The smallest absolute Gasteiger partial charge is 0.416 e. The van der Waals surface area contributed by atoms with Crippen LogP contribution in [0.1, 0.15) is 39.7 Å². The number of fused-ring (bicyclic) bond motifs is 1. The van der Waals surface area contributed by atoms with Gasteiger partial charge in [-0.25, -0.2) is 4.79 Å². The second kappa shape index (κ2) is 8.62. The molecule has 10 heteroatoms. The molecule has 3 rings (SSSR count). The molecule has 1 aromatic heterocycles. The normalized spacial score (nSPS) is 12.4. The van der Waals surface area contributed by atoms with Crippen LogP contribution < -0.4 is 5.32 Å². The van der Waals surface area contributed by atoms with Crippen molar-refractivity contribution in [3.05, 3.63) is 70.4 Å². The van der Waals surface area contributed by atoms with Crippen molar-refractivity contribution in [1.82, 2.24) is 10.3 Å². The van der Waals surface area contributed by atoms with Crippen molar-refractivity contribution < 1.29 is 35.9 Å². The van der Waals surface area contributed by atoms with Gasteiger partial charge in [-0.15, -0.1) is 0 Å². The molecule has 4 nitrogen and oxygen atoms in total. The monoisotopic (exact) mass is 444 g/mol. The summed E-state index contributed by atoms with van der Waals surface area (Å²) in [5.74, 6) is -0.603. The number of H-pyrrole nitrogens is 1. The van der Waals surface area contributed by atoms with E-state index >= 15 is 0 Å². The van der Waals surface area contributed by atoms with Crippen molar-refractivity contribution in [3.63, 3.8) is 0 Å². The summed E-state index contributed by atoms with van der Waals surface area (Å²) in [5, 5.41) is 3.52. The fraction of sp³-hybridized carbons (Fsp3) is 0.286. The predicted octanol–water partition coefficient (Wildman–Crippen LogP) is 5.67. The van der Waals surface area contributed by atoms with Crippen molar-refractivity contribution in [3.8, 4) is 0 Å². The van der Waals surface area contributed by atoms with E-state index in [-0.39, 0.29) is 37.0 Å². The van der Waals surface area contributed by atoms with Crippen molar-refractivity contribution in [2.75, 3.05) is 6.61 Å². The van der Waals surface area contributed by atoms with E-state index in [1.54, 1.807) is 31.2 Å². The van der Waals surface area contributed by atoms with Crippen LogP contribution in [0.4, 0.5) is 26.3 Å². The van der Waals surface area contributed by atoms with Gasteiger partial charge in [0.2, 0.25) is 0 Å². The molecular formula is C21H18F6N2O2. The number of para-hydroxylation sites is 1. The number of hydrogen-bond acceptors (Lipinski definition) is 3. The molecule has 2 aromatic carbocycles. The van der Waals surface area contributed by atoms with E-state index in [1.165, 1.54) is 0 Å². The third-order valence-electron chi connectivity index (χ3n) is 4.57. The number of carbonyl (C=O) groups excluding carboxylic acids is 1. The van der Waals surface area contributed by atoms with E-state index in [1.807, 2.05) is 0 Å². The van der Waals surface area contributed by atoms with E-state index in [0.29, 0.717) is 28.6 Å². The van der Waals surface area contributed by atoms with E-state index in [9.17, 15) is 31.1 Å². The number of halogens is 6. The zero-order valence-corrected chi connectivity index (χ0v) is 16.2. The number of hydrogen-bond donors (Lipinski definition) is 2. The molecule has 0 aliphatic carbocycles. The van der Waals surface area contributed by atoms with Crippen molar-refractivity contribution in [2.24, 2.45) is 0 Å². The number of aromatic nitrogens is 1. The second-order valence-electron chi connectivity index (χ2n) is 6.76. The van der Waals surface area contributed by atoms with Gasteiger partial charge < -0.3 is 15.0 Å². The second-order valence-corrected chi connectivity index (χ2v) is 6.76. The molecule has 0 spiro atoms. The van der Waals surface area contributed by atoms with Gasteiger partial charge >= 0.3 is 18.3 Å². The molecule has 0 radical (unpaired) electrons. The third kappa shape index (κ3) is 5.19. The quantitative estimate of drug-likeness (QED) is 0.380. The van der Waals surface area contributed by atoms with Crippen LogP contribution in [0, 0.1) is 0 Å². The van der Waals surface area contributed by atoms with Crippen molar-refractivity contribution >= 4 is 16.9 Å². The van der Waals surface area contributed by atoms with Crippen LogP contribution in [0.5, 0.6) is 0 Å². The molecule has 0 amide bonds. The van der Waals surface area contributed by atoms with Crippen molar-refractivity contribution in [2.45, 2.75) is 32.4 Å². The van der Waals surface area contributed by atoms with Crippen LogP contribution in [0.25, 0.3) is 10.9 Å². The Morgan fingerprint density at radius 2 is 1.58 bits per heavy atom. The molecule has 3 aromatic rings. The number of carbonyl (C=O) groups is 1. The van der Waals surface area contributed by atoms with Gasteiger partial charge in [0.05, 0.1) is 17.7 Å². The average molecular weight is 444 g/mol. The lowest BCUT2D eigenvalue weighted by molar-refractivity contribution is -0.143. The minimum absolute atomic E-state index is 0.0236. The number of alkyl halides is 6. The maximum atomic E-state index is 13.0. The third-order valence-corrected chi connectivity index (χ3v) is 4.57. The van der Waals surface area contributed by atoms with Crippen molar-refractivity contribution in [1.29, 1.82) is 0 Å². The molecule has 0 saturated heterocycles. The molecule has 166 valence electrons. The van der Waals surface area contributed by atoms with E-state index < -0.39 is 29.4 Å². The summed E-state index contributed by atoms with van der Waals surface area (Å²) in [6.45, 7) is 1.54. The SMILES string of the molecule is CCOC(=O)c1[nH]c2ccccc2c1CNCc1cc(C(F)(F)F)cc(C(F)(F)F)c1. The lowest BCUT2D eigenvalue weighted by atomic mass is 10.0. The number of benzene rings is 2. The van der Waals surface area contributed by atoms with Crippen LogP contribution in [-0.4, -0.2) is 17.6 Å². The molecule has 31 heavy (non-hydrogen) atoms. The highest BCUT2D eigenvalue weighted by Gasteiger charge is 2.36. The Labute approximate surface area is 173 Å².